The van der Waals surface area contributed by atoms with Crippen molar-refractivity contribution in [1.82, 2.24) is 0 Å². The molecule has 0 saturated carbocycles. The summed E-state index contributed by atoms with van der Waals surface area (Å²) in [7, 11) is -0.299. The Balaban J connectivity index is 2.66. The summed E-state index contributed by atoms with van der Waals surface area (Å²) < 4.78 is 22.1. The van der Waals surface area contributed by atoms with Crippen molar-refractivity contribution in [2.24, 2.45) is 0 Å². The Hall–Kier alpha value is -0.693. The van der Waals surface area contributed by atoms with E-state index in [2.05, 4.69) is 33.9 Å². The molecular weight excluding hydrogens is 288 g/mol. The molecule has 122 valence electrons. The second-order valence-electron chi connectivity index (χ2n) is 6.80. The number of esters is 1. The molecule has 1 heterocycles. The molecule has 0 amide bonds. The summed E-state index contributed by atoms with van der Waals surface area (Å²) in [5.74, 6) is -0.329. The molecule has 0 unspecified atom stereocenters. The molecule has 0 bridgehead atoms. The summed E-state index contributed by atoms with van der Waals surface area (Å²) >= 11 is 0. The molecular formula is C15H28O5Si. The van der Waals surface area contributed by atoms with E-state index in [1.165, 1.54) is 6.08 Å². The fourth-order valence-corrected chi connectivity index (χ4v) is 2.70. The Bertz CT molecular complexity index is 373. The maximum atomic E-state index is 11.4. The SMILES string of the molecule is COCO[C@H](CO[Si](C)(C)C(C)(C)C)[C@H]1CC=CC(=O)O1. The van der Waals surface area contributed by atoms with Gasteiger partial charge in [0.15, 0.2) is 8.32 Å². The Morgan fingerprint density at radius 2 is 2.10 bits per heavy atom. The van der Waals surface area contributed by atoms with Gasteiger partial charge in [-0.2, -0.15) is 0 Å². The van der Waals surface area contributed by atoms with E-state index in [1.807, 2.05) is 6.08 Å². The van der Waals surface area contributed by atoms with Crippen LogP contribution in [0.2, 0.25) is 18.1 Å². The van der Waals surface area contributed by atoms with Crippen LogP contribution in [0.1, 0.15) is 27.2 Å². The number of hydrogen-bond donors (Lipinski definition) is 0. The number of carbonyl (C=O) groups excluding carboxylic acids is 1. The topological polar surface area (TPSA) is 54.0 Å². The van der Waals surface area contributed by atoms with Crippen molar-refractivity contribution < 1.29 is 23.4 Å². The van der Waals surface area contributed by atoms with Crippen LogP contribution >= 0.6 is 0 Å². The van der Waals surface area contributed by atoms with Crippen LogP contribution in [0.5, 0.6) is 0 Å². The van der Waals surface area contributed by atoms with Gasteiger partial charge in [-0.15, -0.1) is 0 Å². The Kier molecular flexibility index (Phi) is 6.59. The lowest BCUT2D eigenvalue weighted by molar-refractivity contribution is -0.165. The summed E-state index contributed by atoms with van der Waals surface area (Å²) in [6.45, 7) is 11.5. The van der Waals surface area contributed by atoms with Crippen molar-refractivity contribution >= 4 is 14.3 Å². The molecule has 0 aromatic heterocycles. The molecule has 0 spiro atoms. The van der Waals surface area contributed by atoms with E-state index in [9.17, 15) is 4.79 Å². The van der Waals surface area contributed by atoms with Crippen LogP contribution in [0.15, 0.2) is 12.2 Å². The maximum Gasteiger partial charge on any atom is 0.330 e. The minimum atomic E-state index is -1.87. The second kappa shape index (κ2) is 7.53. The molecule has 0 aromatic carbocycles. The highest BCUT2D eigenvalue weighted by atomic mass is 28.4. The third-order valence-electron chi connectivity index (χ3n) is 4.12. The van der Waals surface area contributed by atoms with Crippen molar-refractivity contribution in [1.29, 1.82) is 0 Å². The smallest absolute Gasteiger partial charge is 0.330 e. The third kappa shape index (κ3) is 5.54. The first-order valence-corrected chi connectivity index (χ1v) is 10.2. The zero-order valence-electron chi connectivity index (χ0n) is 14.0. The van der Waals surface area contributed by atoms with Crippen LogP contribution in [0.4, 0.5) is 0 Å². The quantitative estimate of drug-likeness (QED) is 0.411. The van der Waals surface area contributed by atoms with Crippen LogP contribution in [0, 0.1) is 0 Å². The van der Waals surface area contributed by atoms with Crippen molar-refractivity contribution in [3.8, 4) is 0 Å². The van der Waals surface area contributed by atoms with E-state index >= 15 is 0 Å². The second-order valence-corrected chi connectivity index (χ2v) is 11.6. The van der Waals surface area contributed by atoms with Crippen LogP contribution in [-0.2, 0) is 23.4 Å². The molecule has 1 aliphatic rings. The summed E-state index contributed by atoms with van der Waals surface area (Å²) in [6, 6.07) is 0. The van der Waals surface area contributed by atoms with Crippen LogP contribution in [-0.4, -0.2) is 47.0 Å². The average Bonchev–Trinajstić information content (AvgIpc) is 2.37. The van der Waals surface area contributed by atoms with Gasteiger partial charge in [0.1, 0.15) is 19.0 Å². The zero-order valence-corrected chi connectivity index (χ0v) is 15.0. The molecule has 0 saturated heterocycles. The molecule has 0 fully saturated rings. The molecule has 5 nitrogen and oxygen atoms in total. The van der Waals surface area contributed by atoms with E-state index in [-0.39, 0.29) is 30.0 Å². The number of ether oxygens (including phenoxy) is 3. The van der Waals surface area contributed by atoms with Gasteiger partial charge < -0.3 is 18.6 Å². The van der Waals surface area contributed by atoms with E-state index in [0.29, 0.717) is 13.0 Å². The molecule has 2 atom stereocenters. The number of rotatable bonds is 7. The molecule has 0 N–H and O–H groups in total. The van der Waals surface area contributed by atoms with Crippen molar-refractivity contribution in [2.45, 2.75) is 57.5 Å². The first-order chi connectivity index (χ1) is 9.67. The van der Waals surface area contributed by atoms with Gasteiger partial charge in [0.25, 0.3) is 0 Å². The van der Waals surface area contributed by atoms with Gasteiger partial charge in [-0.25, -0.2) is 4.79 Å². The van der Waals surface area contributed by atoms with Crippen molar-refractivity contribution in [3.63, 3.8) is 0 Å². The van der Waals surface area contributed by atoms with Gasteiger partial charge in [0.2, 0.25) is 0 Å². The summed E-state index contributed by atoms with van der Waals surface area (Å²) in [5.41, 5.74) is 0. The van der Waals surface area contributed by atoms with E-state index < -0.39 is 8.32 Å². The highest BCUT2D eigenvalue weighted by molar-refractivity contribution is 6.74. The lowest BCUT2D eigenvalue weighted by Gasteiger charge is -2.38. The van der Waals surface area contributed by atoms with E-state index in [0.717, 1.165) is 0 Å². The number of carbonyl (C=O) groups is 1. The predicted molar refractivity (Wildman–Crippen MR) is 83.5 cm³/mol. The standard InChI is InChI=1S/C15H28O5Si/c1-15(2,3)21(5,6)19-10-13(18-11-17-4)12-8-7-9-14(16)20-12/h7,9,12-13H,8,10-11H2,1-6H3/t12-,13-/m1/s1. The fraction of sp³-hybridized carbons (Fsp3) is 0.800. The predicted octanol–water partition coefficient (Wildman–Crippen LogP) is 2.87. The fourth-order valence-electron chi connectivity index (χ4n) is 1.69. The minimum absolute atomic E-state index is 0.127. The van der Waals surface area contributed by atoms with E-state index in [4.69, 9.17) is 18.6 Å². The Morgan fingerprint density at radius 3 is 2.62 bits per heavy atom. The van der Waals surface area contributed by atoms with Crippen LogP contribution < -0.4 is 0 Å². The number of cyclic esters (lactones) is 1. The normalized spacial score (nSPS) is 21.2. The molecule has 21 heavy (non-hydrogen) atoms. The largest absolute Gasteiger partial charge is 0.456 e. The zero-order chi connectivity index (χ0) is 16.1. The molecule has 0 aliphatic carbocycles. The number of methoxy groups -OCH3 is 1. The first kappa shape index (κ1) is 18.4. The van der Waals surface area contributed by atoms with Gasteiger partial charge in [-0.1, -0.05) is 26.8 Å². The van der Waals surface area contributed by atoms with Crippen molar-refractivity contribution in [3.05, 3.63) is 12.2 Å². The summed E-state index contributed by atoms with van der Waals surface area (Å²) in [5, 5.41) is 0.127. The van der Waals surface area contributed by atoms with Crippen molar-refractivity contribution in [2.75, 3.05) is 20.5 Å². The van der Waals surface area contributed by atoms with Gasteiger partial charge >= 0.3 is 5.97 Å². The third-order valence-corrected chi connectivity index (χ3v) is 8.62. The van der Waals surface area contributed by atoms with Gasteiger partial charge in [0.05, 0.1) is 6.61 Å². The molecule has 0 aromatic rings. The van der Waals surface area contributed by atoms with Crippen LogP contribution in [0.3, 0.4) is 0 Å². The Labute approximate surface area is 128 Å². The average molecular weight is 316 g/mol. The van der Waals surface area contributed by atoms with Gasteiger partial charge in [-0.3, -0.25) is 0 Å². The molecule has 1 rings (SSSR count). The van der Waals surface area contributed by atoms with Gasteiger partial charge in [0, 0.05) is 19.6 Å². The highest BCUT2D eigenvalue weighted by Crippen LogP contribution is 2.36. The first-order valence-electron chi connectivity index (χ1n) is 7.29. The maximum absolute atomic E-state index is 11.4. The van der Waals surface area contributed by atoms with E-state index in [1.54, 1.807) is 7.11 Å². The van der Waals surface area contributed by atoms with Gasteiger partial charge in [-0.05, 0) is 18.1 Å². The highest BCUT2D eigenvalue weighted by Gasteiger charge is 2.39. The monoisotopic (exact) mass is 316 g/mol. The number of hydrogen-bond acceptors (Lipinski definition) is 5. The lowest BCUT2D eigenvalue weighted by Crippen LogP contribution is -2.46. The minimum Gasteiger partial charge on any atom is -0.456 e. The molecule has 0 radical (unpaired) electrons. The summed E-state index contributed by atoms with van der Waals surface area (Å²) in [6.07, 6.45) is 3.27. The Morgan fingerprint density at radius 1 is 1.43 bits per heavy atom. The lowest BCUT2D eigenvalue weighted by atomic mass is 10.1. The summed E-state index contributed by atoms with van der Waals surface area (Å²) in [4.78, 5) is 11.4. The molecule has 1 aliphatic heterocycles. The molecule has 6 heteroatoms. The van der Waals surface area contributed by atoms with Crippen LogP contribution in [0.25, 0.3) is 0 Å².